The van der Waals surface area contributed by atoms with Crippen LogP contribution < -0.4 is 10.6 Å². The fraction of sp³-hybridized carbons (Fsp3) is 0.533. The molecule has 0 heterocycles. The predicted molar refractivity (Wildman–Crippen MR) is 75.8 cm³/mol. The standard InChI is InChI=1S/C15H21FN2O2/c16-13-4-6-14(7-5-13)18-15(20)9-17-8-11-2-1-3-12(11)10-19/h4-7,11-12,17,19H,1-3,8-10H2,(H,18,20). The maximum Gasteiger partial charge on any atom is 0.238 e. The van der Waals surface area contributed by atoms with Crippen molar-refractivity contribution in [2.45, 2.75) is 19.3 Å². The molecule has 3 N–H and O–H groups in total. The van der Waals surface area contributed by atoms with Crippen LogP contribution in [0.3, 0.4) is 0 Å². The van der Waals surface area contributed by atoms with Crippen molar-refractivity contribution in [2.75, 3.05) is 25.0 Å². The first kappa shape index (κ1) is 14.9. The van der Waals surface area contributed by atoms with Crippen molar-refractivity contribution >= 4 is 11.6 Å². The minimum atomic E-state index is -0.322. The Morgan fingerprint density at radius 2 is 1.95 bits per heavy atom. The van der Waals surface area contributed by atoms with Crippen LogP contribution in [0, 0.1) is 17.7 Å². The molecular formula is C15H21FN2O2. The molecule has 20 heavy (non-hydrogen) atoms. The van der Waals surface area contributed by atoms with Crippen molar-refractivity contribution in [3.63, 3.8) is 0 Å². The zero-order valence-corrected chi connectivity index (χ0v) is 11.4. The Balaban J connectivity index is 1.69. The topological polar surface area (TPSA) is 61.4 Å². The van der Waals surface area contributed by atoms with E-state index >= 15 is 0 Å². The van der Waals surface area contributed by atoms with Crippen LogP contribution in [0.25, 0.3) is 0 Å². The second kappa shape index (κ2) is 7.36. The van der Waals surface area contributed by atoms with Gasteiger partial charge >= 0.3 is 0 Å². The number of nitrogens with one attached hydrogen (secondary N) is 2. The van der Waals surface area contributed by atoms with E-state index in [4.69, 9.17) is 0 Å². The summed E-state index contributed by atoms with van der Waals surface area (Å²) in [5.74, 6) is 0.355. The van der Waals surface area contributed by atoms with Crippen molar-refractivity contribution in [3.8, 4) is 0 Å². The second-order valence-electron chi connectivity index (χ2n) is 5.32. The molecule has 2 rings (SSSR count). The molecule has 1 fully saturated rings. The molecule has 1 aromatic rings. The van der Waals surface area contributed by atoms with Crippen LogP contribution in [0.1, 0.15) is 19.3 Å². The Kier molecular flexibility index (Phi) is 5.49. The SMILES string of the molecule is O=C(CNCC1CCCC1CO)Nc1ccc(F)cc1. The number of carbonyl (C=O) groups excluding carboxylic acids is 1. The summed E-state index contributed by atoms with van der Waals surface area (Å²) in [6, 6.07) is 5.69. The second-order valence-corrected chi connectivity index (χ2v) is 5.32. The molecule has 1 aliphatic rings. The lowest BCUT2D eigenvalue weighted by atomic mass is 9.97. The van der Waals surface area contributed by atoms with Gasteiger partial charge in [-0.25, -0.2) is 4.39 Å². The third-order valence-corrected chi connectivity index (χ3v) is 3.87. The summed E-state index contributed by atoms with van der Waals surface area (Å²) in [6.07, 6.45) is 3.34. The van der Waals surface area contributed by atoms with E-state index in [1.54, 1.807) is 0 Å². The van der Waals surface area contributed by atoms with Crippen molar-refractivity contribution in [1.29, 1.82) is 0 Å². The Morgan fingerprint density at radius 3 is 2.65 bits per heavy atom. The van der Waals surface area contributed by atoms with Gasteiger partial charge in [-0.2, -0.15) is 0 Å². The van der Waals surface area contributed by atoms with Crippen molar-refractivity contribution in [2.24, 2.45) is 11.8 Å². The van der Waals surface area contributed by atoms with Gasteiger partial charge in [-0.05, 0) is 55.5 Å². The van der Waals surface area contributed by atoms with Gasteiger partial charge in [0.2, 0.25) is 5.91 Å². The Bertz CT molecular complexity index is 436. The highest BCUT2D eigenvalue weighted by Gasteiger charge is 2.26. The zero-order valence-electron chi connectivity index (χ0n) is 11.4. The Labute approximate surface area is 118 Å². The van der Waals surface area contributed by atoms with E-state index in [0.29, 0.717) is 17.5 Å². The fourth-order valence-electron chi connectivity index (χ4n) is 2.73. The van der Waals surface area contributed by atoms with Crippen LogP contribution in [0.4, 0.5) is 10.1 Å². The fourth-order valence-corrected chi connectivity index (χ4v) is 2.73. The van der Waals surface area contributed by atoms with E-state index < -0.39 is 0 Å². The molecule has 1 amide bonds. The number of aliphatic hydroxyl groups is 1. The predicted octanol–water partition coefficient (Wildman–Crippen LogP) is 1.76. The molecule has 2 atom stereocenters. The van der Waals surface area contributed by atoms with Gasteiger partial charge in [0, 0.05) is 12.3 Å². The monoisotopic (exact) mass is 280 g/mol. The molecule has 0 aliphatic heterocycles. The molecule has 1 aromatic carbocycles. The molecule has 0 aromatic heterocycles. The first-order chi connectivity index (χ1) is 9.69. The first-order valence-electron chi connectivity index (χ1n) is 7.06. The van der Waals surface area contributed by atoms with E-state index in [2.05, 4.69) is 10.6 Å². The van der Waals surface area contributed by atoms with Crippen molar-refractivity contribution in [1.82, 2.24) is 5.32 Å². The summed E-state index contributed by atoms with van der Waals surface area (Å²) in [5.41, 5.74) is 0.590. The maximum atomic E-state index is 12.7. The average molecular weight is 280 g/mol. The summed E-state index contributed by atoms with van der Waals surface area (Å²) < 4.78 is 12.7. The number of rotatable bonds is 6. The molecule has 0 bridgehead atoms. The maximum absolute atomic E-state index is 12.7. The van der Waals surface area contributed by atoms with Gasteiger partial charge in [0.05, 0.1) is 6.54 Å². The van der Waals surface area contributed by atoms with E-state index in [-0.39, 0.29) is 24.9 Å². The first-order valence-corrected chi connectivity index (χ1v) is 7.06. The van der Waals surface area contributed by atoms with E-state index in [1.165, 1.54) is 24.3 Å². The highest BCUT2D eigenvalue weighted by Crippen LogP contribution is 2.30. The van der Waals surface area contributed by atoms with Gasteiger partial charge in [0.15, 0.2) is 0 Å². The number of anilines is 1. The molecule has 5 heteroatoms. The molecule has 0 saturated heterocycles. The number of hydrogen-bond acceptors (Lipinski definition) is 3. The van der Waals surface area contributed by atoms with Gasteiger partial charge in [-0.1, -0.05) is 6.42 Å². The minimum Gasteiger partial charge on any atom is -0.396 e. The lowest BCUT2D eigenvalue weighted by molar-refractivity contribution is -0.115. The molecule has 0 spiro atoms. The lowest BCUT2D eigenvalue weighted by Gasteiger charge is -2.17. The number of amides is 1. The molecule has 1 saturated carbocycles. The summed E-state index contributed by atoms with van der Waals surface area (Å²) in [5, 5.41) is 15.1. The van der Waals surface area contributed by atoms with Crippen LogP contribution in [0.15, 0.2) is 24.3 Å². The van der Waals surface area contributed by atoms with E-state index in [1.807, 2.05) is 0 Å². The molecule has 1 aliphatic carbocycles. The molecular weight excluding hydrogens is 259 g/mol. The average Bonchev–Trinajstić information content (AvgIpc) is 2.89. The third kappa shape index (κ3) is 4.28. The van der Waals surface area contributed by atoms with Crippen LogP contribution in [-0.2, 0) is 4.79 Å². The Hall–Kier alpha value is -1.46. The Morgan fingerprint density at radius 1 is 1.25 bits per heavy atom. The summed E-state index contributed by atoms with van der Waals surface area (Å²) in [4.78, 5) is 11.7. The molecule has 0 radical (unpaired) electrons. The van der Waals surface area contributed by atoms with Crippen LogP contribution in [0.5, 0.6) is 0 Å². The van der Waals surface area contributed by atoms with Crippen LogP contribution >= 0.6 is 0 Å². The van der Waals surface area contributed by atoms with Crippen molar-refractivity contribution < 1.29 is 14.3 Å². The number of benzene rings is 1. The normalized spacial score (nSPS) is 21.9. The van der Waals surface area contributed by atoms with E-state index in [9.17, 15) is 14.3 Å². The number of halogens is 1. The van der Waals surface area contributed by atoms with Gasteiger partial charge in [0.1, 0.15) is 5.82 Å². The van der Waals surface area contributed by atoms with Crippen molar-refractivity contribution in [3.05, 3.63) is 30.1 Å². The quantitative estimate of drug-likeness (QED) is 0.744. The summed E-state index contributed by atoms with van der Waals surface area (Å²) in [7, 11) is 0. The molecule has 2 unspecified atom stereocenters. The largest absolute Gasteiger partial charge is 0.396 e. The van der Waals surface area contributed by atoms with Gasteiger partial charge < -0.3 is 15.7 Å². The highest BCUT2D eigenvalue weighted by molar-refractivity contribution is 5.92. The molecule has 4 nitrogen and oxygen atoms in total. The van der Waals surface area contributed by atoms with Gasteiger partial charge in [-0.15, -0.1) is 0 Å². The minimum absolute atomic E-state index is 0.143. The summed E-state index contributed by atoms with van der Waals surface area (Å²) in [6.45, 7) is 1.21. The summed E-state index contributed by atoms with van der Waals surface area (Å²) >= 11 is 0. The zero-order chi connectivity index (χ0) is 14.4. The number of carbonyl (C=O) groups is 1. The molecule has 110 valence electrons. The van der Waals surface area contributed by atoms with Gasteiger partial charge in [0.25, 0.3) is 0 Å². The number of hydrogen-bond donors (Lipinski definition) is 3. The van der Waals surface area contributed by atoms with Gasteiger partial charge in [-0.3, -0.25) is 4.79 Å². The van der Waals surface area contributed by atoms with Crippen LogP contribution in [-0.4, -0.2) is 30.7 Å². The number of aliphatic hydroxyl groups excluding tert-OH is 1. The van der Waals surface area contributed by atoms with Crippen LogP contribution in [0.2, 0.25) is 0 Å². The highest BCUT2D eigenvalue weighted by atomic mass is 19.1. The lowest BCUT2D eigenvalue weighted by Crippen LogP contribution is -2.33. The van der Waals surface area contributed by atoms with E-state index in [0.717, 1.165) is 25.8 Å². The third-order valence-electron chi connectivity index (χ3n) is 3.87. The smallest absolute Gasteiger partial charge is 0.238 e.